The maximum Gasteiger partial charge on any atom is 0.317 e. The highest BCUT2D eigenvalue weighted by Gasteiger charge is 2.42. The van der Waals surface area contributed by atoms with Gasteiger partial charge in [-0.1, -0.05) is 19.1 Å². The molecule has 2 heterocycles. The van der Waals surface area contributed by atoms with Crippen molar-refractivity contribution in [3.63, 3.8) is 0 Å². The predicted octanol–water partition coefficient (Wildman–Crippen LogP) is 1.26. The largest absolute Gasteiger partial charge is 0.487 e. The van der Waals surface area contributed by atoms with Gasteiger partial charge in [-0.15, -0.1) is 0 Å². The summed E-state index contributed by atoms with van der Waals surface area (Å²) in [4.78, 5) is 13.8. The zero-order valence-corrected chi connectivity index (χ0v) is 14.8. The Morgan fingerprint density at radius 1 is 1.29 bits per heavy atom. The molecular formula is C16H23N3O4S. The molecule has 2 atom stereocenters. The summed E-state index contributed by atoms with van der Waals surface area (Å²) in [6.45, 7) is 3.26. The zero-order chi connectivity index (χ0) is 17.3. The van der Waals surface area contributed by atoms with Gasteiger partial charge in [0.05, 0.1) is 6.04 Å². The van der Waals surface area contributed by atoms with Gasteiger partial charge in [0.25, 0.3) is 0 Å². The zero-order valence-electron chi connectivity index (χ0n) is 13.9. The molecule has 2 amide bonds. The summed E-state index contributed by atoms with van der Waals surface area (Å²) in [7, 11) is -2.01. The van der Waals surface area contributed by atoms with Gasteiger partial charge in [-0.05, 0) is 18.6 Å². The number of fused-ring (bicyclic) bond motifs is 2. The molecule has 24 heavy (non-hydrogen) atoms. The van der Waals surface area contributed by atoms with E-state index in [1.807, 2.05) is 6.92 Å². The van der Waals surface area contributed by atoms with Crippen LogP contribution in [0.1, 0.15) is 19.8 Å². The van der Waals surface area contributed by atoms with Crippen LogP contribution in [0.15, 0.2) is 29.2 Å². The summed E-state index contributed by atoms with van der Waals surface area (Å²) < 4.78 is 33.7. The van der Waals surface area contributed by atoms with Crippen molar-refractivity contribution >= 4 is 16.1 Å². The minimum absolute atomic E-state index is 0.141. The summed E-state index contributed by atoms with van der Waals surface area (Å²) in [5, 5.41) is 2.63. The predicted molar refractivity (Wildman–Crippen MR) is 89.5 cm³/mol. The number of amides is 2. The average molecular weight is 353 g/mol. The lowest BCUT2D eigenvalue weighted by Gasteiger charge is -2.30. The van der Waals surface area contributed by atoms with Gasteiger partial charge in [0.1, 0.15) is 16.7 Å². The molecule has 0 saturated carbocycles. The molecule has 0 bridgehead atoms. The van der Waals surface area contributed by atoms with Crippen LogP contribution in [0, 0.1) is 0 Å². The number of carbonyl (C=O) groups excluding carboxylic acids is 1. The van der Waals surface area contributed by atoms with Gasteiger partial charge in [-0.25, -0.2) is 13.2 Å². The Morgan fingerprint density at radius 2 is 2.00 bits per heavy atom. The van der Waals surface area contributed by atoms with Gasteiger partial charge in [-0.3, -0.25) is 0 Å². The molecule has 1 fully saturated rings. The molecule has 8 heteroatoms. The summed E-state index contributed by atoms with van der Waals surface area (Å²) in [6.07, 6.45) is 0.885. The van der Waals surface area contributed by atoms with Crippen LogP contribution in [0.25, 0.3) is 0 Å². The quantitative estimate of drug-likeness (QED) is 0.824. The number of benzene rings is 1. The number of nitrogens with zero attached hydrogens (tertiary/aromatic N) is 2. The molecule has 0 aliphatic carbocycles. The highest BCUT2D eigenvalue weighted by atomic mass is 32.2. The number of likely N-dealkylation sites (N-methyl/N-ethyl adjacent to an activating group) is 1. The summed E-state index contributed by atoms with van der Waals surface area (Å²) in [5.41, 5.74) is 0. The Labute approximate surface area is 142 Å². The number of sulfonamides is 1. The number of para-hydroxylation sites is 1. The fourth-order valence-corrected chi connectivity index (χ4v) is 5.33. The highest BCUT2D eigenvalue weighted by Crippen LogP contribution is 2.36. The molecule has 0 aromatic heterocycles. The number of urea groups is 1. The molecule has 2 aliphatic rings. The second kappa shape index (κ2) is 6.60. The Bertz CT molecular complexity index is 722. The number of rotatable bonds is 1. The topological polar surface area (TPSA) is 79.0 Å². The van der Waals surface area contributed by atoms with Gasteiger partial charge in [0, 0.05) is 33.1 Å². The molecule has 0 radical (unpaired) electrons. The lowest BCUT2D eigenvalue weighted by atomic mass is 10.1. The van der Waals surface area contributed by atoms with Gasteiger partial charge < -0.3 is 15.0 Å². The minimum atomic E-state index is -3.61. The Balaban J connectivity index is 1.99. The number of hydrogen-bond donors (Lipinski definition) is 1. The molecular weight excluding hydrogens is 330 g/mol. The molecule has 2 aliphatic heterocycles. The van der Waals surface area contributed by atoms with Gasteiger partial charge in [-0.2, -0.15) is 4.31 Å². The summed E-state index contributed by atoms with van der Waals surface area (Å²) in [5.74, 6) is 0.400. The van der Waals surface area contributed by atoms with E-state index in [1.165, 1.54) is 4.31 Å². The highest BCUT2D eigenvalue weighted by molar-refractivity contribution is 7.89. The van der Waals surface area contributed by atoms with Crippen LogP contribution >= 0.6 is 0 Å². The van der Waals surface area contributed by atoms with Crippen LogP contribution in [-0.2, 0) is 10.0 Å². The van der Waals surface area contributed by atoms with E-state index in [0.29, 0.717) is 38.2 Å². The third-order valence-corrected chi connectivity index (χ3v) is 6.74. The Morgan fingerprint density at radius 3 is 2.71 bits per heavy atom. The number of carbonyl (C=O) groups is 1. The van der Waals surface area contributed by atoms with Crippen LogP contribution in [0.3, 0.4) is 0 Å². The average Bonchev–Trinajstić information content (AvgIpc) is 2.82. The van der Waals surface area contributed by atoms with Crippen molar-refractivity contribution in [2.75, 3.05) is 26.7 Å². The van der Waals surface area contributed by atoms with Crippen LogP contribution in [0.5, 0.6) is 5.75 Å². The van der Waals surface area contributed by atoms with E-state index in [9.17, 15) is 13.2 Å². The van der Waals surface area contributed by atoms with Crippen molar-refractivity contribution in [2.24, 2.45) is 0 Å². The first-order valence-electron chi connectivity index (χ1n) is 8.23. The molecule has 1 saturated heterocycles. The summed E-state index contributed by atoms with van der Waals surface area (Å²) in [6, 6.07) is 6.36. The standard InChI is InChI=1S/C16H23N3O4S/c1-3-19-12-8-10-18(16(20)17-2)11-9-13(12)23-14-6-4-5-7-15(14)24(19,21)22/h4-7,12-13H,3,8-11H2,1-2H3,(H,17,20)/t12-,13-/m1/s1. The second-order valence-corrected chi connectivity index (χ2v) is 7.86. The van der Waals surface area contributed by atoms with Crippen molar-refractivity contribution in [1.82, 2.24) is 14.5 Å². The van der Waals surface area contributed by atoms with E-state index in [2.05, 4.69) is 5.32 Å². The fraction of sp³-hybridized carbons (Fsp3) is 0.562. The lowest BCUT2D eigenvalue weighted by molar-refractivity contribution is 0.115. The maximum absolute atomic E-state index is 13.0. The van der Waals surface area contributed by atoms with E-state index in [-0.39, 0.29) is 23.1 Å². The number of nitrogens with one attached hydrogen (secondary N) is 1. The number of ether oxygens (including phenoxy) is 1. The maximum atomic E-state index is 13.0. The first-order valence-corrected chi connectivity index (χ1v) is 9.67. The van der Waals surface area contributed by atoms with Gasteiger partial charge >= 0.3 is 6.03 Å². The SMILES string of the molecule is CCN1[C@@H]2CCN(C(=O)NC)CC[C@H]2Oc2ccccc2S1(=O)=O. The molecule has 0 unspecified atom stereocenters. The molecule has 1 aromatic rings. The van der Waals surface area contributed by atoms with Crippen molar-refractivity contribution in [3.8, 4) is 5.75 Å². The Kier molecular flexibility index (Phi) is 4.69. The first-order chi connectivity index (χ1) is 11.5. The monoisotopic (exact) mass is 353 g/mol. The van der Waals surface area contributed by atoms with Gasteiger partial charge in [0.2, 0.25) is 10.0 Å². The number of hydrogen-bond acceptors (Lipinski definition) is 4. The minimum Gasteiger partial charge on any atom is -0.487 e. The fourth-order valence-electron chi connectivity index (χ4n) is 3.52. The Hall–Kier alpha value is -1.80. The molecule has 7 nitrogen and oxygen atoms in total. The van der Waals surface area contributed by atoms with Crippen molar-refractivity contribution in [1.29, 1.82) is 0 Å². The normalized spacial score (nSPS) is 26.3. The van der Waals surface area contributed by atoms with Crippen LogP contribution in [0.4, 0.5) is 4.79 Å². The molecule has 1 N–H and O–H groups in total. The number of likely N-dealkylation sites (tertiary alicyclic amines) is 1. The van der Waals surface area contributed by atoms with E-state index >= 15 is 0 Å². The van der Waals surface area contributed by atoms with Crippen molar-refractivity contribution in [3.05, 3.63) is 24.3 Å². The second-order valence-electron chi connectivity index (χ2n) is 6.00. The third-order valence-electron chi connectivity index (χ3n) is 4.70. The summed E-state index contributed by atoms with van der Waals surface area (Å²) >= 11 is 0. The molecule has 0 spiro atoms. The molecule has 1 aromatic carbocycles. The van der Waals surface area contributed by atoms with Gasteiger partial charge in [0.15, 0.2) is 0 Å². The van der Waals surface area contributed by atoms with Crippen molar-refractivity contribution in [2.45, 2.75) is 36.8 Å². The van der Waals surface area contributed by atoms with E-state index in [4.69, 9.17) is 4.74 Å². The molecule has 3 rings (SSSR count). The van der Waals surface area contributed by atoms with E-state index in [1.54, 1.807) is 36.2 Å². The van der Waals surface area contributed by atoms with Crippen LogP contribution in [0.2, 0.25) is 0 Å². The first kappa shape index (κ1) is 17.0. The molecule has 132 valence electrons. The van der Waals surface area contributed by atoms with Crippen LogP contribution < -0.4 is 10.1 Å². The van der Waals surface area contributed by atoms with E-state index < -0.39 is 10.0 Å². The van der Waals surface area contributed by atoms with Crippen molar-refractivity contribution < 1.29 is 17.9 Å². The third kappa shape index (κ3) is 2.84. The smallest absolute Gasteiger partial charge is 0.317 e. The lowest BCUT2D eigenvalue weighted by Crippen LogP contribution is -2.47. The van der Waals surface area contributed by atoms with Crippen LogP contribution in [-0.4, -0.2) is 62.5 Å². The van der Waals surface area contributed by atoms with E-state index in [0.717, 1.165) is 0 Å².